The maximum atomic E-state index is 6.98. The molecule has 0 aliphatic heterocycles. The first kappa shape index (κ1) is 33.9. The summed E-state index contributed by atoms with van der Waals surface area (Å²) in [4.78, 5) is 17.1. The lowest BCUT2D eigenvalue weighted by Crippen LogP contribution is -2.76. The SMILES string of the molecule is c1ccc([Si](c2ccccc2)(c2nc(-n3c4ccccc4c4ccccc43)cc(-n3c4ccccc4n4c5ccccc5nc34)n2)c2cccc3c2oc2ccccc23)cc1. The van der Waals surface area contributed by atoms with Crippen LogP contribution in [0.5, 0.6) is 0 Å². The number of nitrogens with zero attached hydrogens (tertiary/aromatic N) is 6. The Hall–Kier alpha value is -8.07. The molecule has 0 aliphatic rings. The highest BCUT2D eigenvalue weighted by Gasteiger charge is 2.47. The number of hydrogen-bond acceptors (Lipinski definition) is 4. The van der Waals surface area contributed by atoms with Gasteiger partial charge in [0.05, 0.1) is 33.1 Å². The van der Waals surface area contributed by atoms with Crippen LogP contribution in [-0.2, 0) is 0 Å². The summed E-state index contributed by atoms with van der Waals surface area (Å²) in [7, 11) is -3.49. The minimum atomic E-state index is -3.49. The molecule has 61 heavy (non-hydrogen) atoms. The zero-order valence-electron chi connectivity index (χ0n) is 32.7. The van der Waals surface area contributed by atoms with Crippen LogP contribution in [0, 0.1) is 0 Å². The lowest BCUT2D eigenvalue weighted by Gasteiger charge is -2.32. The van der Waals surface area contributed by atoms with E-state index >= 15 is 0 Å². The fourth-order valence-corrected chi connectivity index (χ4v) is 14.4. The van der Waals surface area contributed by atoms with Crippen molar-refractivity contribution in [3.8, 4) is 11.6 Å². The van der Waals surface area contributed by atoms with Gasteiger partial charge >= 0.3 is 0 Å². The Morgan fingerprint density at radius 1 is 0.393 bits per heavy atom. The topological polar surface area (TPSA) is 66.1 Å². The maximum absolute atomic E-state index is 6.98. The van der Waals surface area contributed by atoms with Crippen molar-refractivity contribution in [1.29, 1.82) is 0 Å². The zero-order chi connectivity index (χ0) is 40.1. The summed E-state index contributed by atoms with van der Waals surface area (Å²) in [5.74, 6) is 2.28. The molecule has 8 aromatic carbocycles. The van der Waals surface area contributed by atoms with E-state index in [9.17, 15) is 0 Å². The van der Waals surface area contributed by atoms with Gasteiger partial charge in [-0.3, -0.25) is 13.5 Å². The van der Waals surface area contributed by atoms with Gasteiger partial charge in [0.2, 0.25) is 13.9 Å². The molecule has 0 unspecified atom stereocenters. The van der Waals surface area contributed by atoms with Crippen LogP contribution in [0.25, 0.3) is 83.2 Å². The molecule has 0 N–H and O–H groups in total. The standard InChI is InChI=1S/C53H34N6OSi/c1-3-18-35(19-4-1)61(36-20-5-2-6-21-36,48-33-17-25-40-39-24-9-16-32-47(39)60-51(40)48)52-55-49(57-42-27-11-7-22-37(42)38-23-8-12-28-43(38)57)34-50(56-52)59-46-31-15-14-30-45(46)58-44-29-13-10-26-41(44)54-53(58)59/h1-34H. The van der Waals surface area contributed by atoms with E-state index in [-0.39, 0.29) is 0 Å². The Bertz CT molecular complexity index is 3750. The highest BCUT2D eigenvalue weighted by Crippen LogP contribution is 2.34. The van der Waals surface area contributed by atoms with Gasteiger partial charge in [-0.25, -0.2) is 15.0 Å². The van der Waals surface area contributed by atoms with Crippen LogP contribution < -0.4 is 21.0 Å². The van der Waals surface area contributed by atoms with Gasteiger partial charge in [0.25, 0.3) is 0 Å². The van der Waals surface area contributed by atoms with Crippen molar-refractivity contribution >= 4 is 101 Å². The Kier molecular flexibility index (Phi) is 7.19. The Morgan fingerprint density at radius 2 is 0.918 bits per heavy atom. The summed E-state index contributed by atoms with van der Waals surface area (Å²) in [5, 5.41) is 7.85. The molecule has 0 saturated carbocycles. The third kappa shape index (κ3) is 4.76. The van der Waals surface area contributed by atoms with E-state index in [2.05, 4.69) is 208 Å². The van der Waals surface area contributed by atoms with Crippen molar-refractivity contribution < 1.29 is 4.42 Å². The Morgan fingerprint density at radius 3 is 1.61 bits per heavy atom. The first-order chi connectivity index (χ1) is 30.3. The van der Waals surface area contributed by atoms with Crippen molar-refractivity contribution in [1.82, 2.24) is 28.5 Å². The van der Waals surface area contributed by atoms with Crippen LogP contribution in [0.2, 0.25) is 0 Å². The third-order valence-electron chi connectivity index (χ3n) is 12.4. The summed E-state index contributed by atoms with van der Waals surface area (Å²) in [6.45, 7) is 0. The fourth-order valence-electron chi connectivity index (χ4n) is 9.84. The third-order valence-corrected chi connectivity index (χ3v) is 16.9. The van der Waals surface area contributed by atoms with E-state index in [0.29, 0.717) is 0 Å². The average Bonchev–Trinajstić information content (AvgIpc) is 4.07. The number of rotatable bonds is 6. The average molecular weight is 799 g/mol. The molecule has 0 spiro atoms. The van der Waals surface area contributed by atoms with E-state index in [1.807, 2.05) is 12.1 Å². The lowest BCUT2D eigenvalue weighted by molar-refractivity contribution is 0.671. The van der Waals surface area contributed by atoms with Gasteiger partial charge < -0.3 is 4.42 Å². The molecule has 7 nitrogen and oxygen atoms in total. The van der Waals surface area contributed by atoms with Crippen molar-refractivity contribution in [2.24, 2.45) is 0 Å². The van der Waals surface area contributed by atoms with Crippen LogP contribution in [-0.4, -0.2) is 36.6 Å². The zero-order valence-corrected chi connectivity index (χ0v) is 33.7. The minimum absolute atomic E-state index is 0.726. The van der Waals surface area contributed by atoms with Crippen LogP contribution in [0.4, 0.5) is 0 Å². The van der Waals surface area contributed by atoms with E-state index in [4.69, 9.17) is 19.4 Å². The Balaban J connectivity index is 1.25. The molecule has 286 valence electrons. The fraction of sp³-hybridized carbons (Fsp3) is 0. The molecule has 5 aromatic heterocycles. The molecule has 0 bridgehead atoms. The van der Waals surface area contributed by atoms with Gasteiger partial charge in [0.15, 0.2) is 0 Å². The number of fused-ring (bicyclic) bond motifs is 11. The van der Waals surface area contributed by atoms with E-state index in [1.165, 1.54) is 0 Å². The number of aromatic nitrogens is 6. The number of furan rings is 1. The van der Waals surface area contributed by atoms with E-state index < -0.39 is 8.07 Å². The second-order valence-corrected chi connectivity index (χ2v) is 19.2. The molecule has 0 aliphatic carbocycles. The number of benzene rings is 8. The number of imidazole rings is 2. The van der Waals surface area contributed by atoms with Gasteiger partial charge in [-0.2, -0.15) is 0 Å². The molecule has 13 rings (SSSR count). The molecule has 0 atom stereocenters. The summed E-state index contributed by atoms with van der Waals surface area (Å²) < 4.78 is 13.8. The predicted molar refractivity (Wildman–Crippen MR) is 250 cm³/mol. The Labute approximate surface area is 350 Å². The highest BCUT2D eigenvalue weighted by atomic mass is 28.3. The van der Waals surface area contributed by atoms with Gasteiger partial charge in [0.1, 0.15) is 28.2 Å². The largest absolute Gasteiger partial charge is 0.456 e. The van der Waals surface area contributed by atoms with Crippen molar-refractivity contribution in [2.45, 2.75) is 0 Å². The molecule has 0 radical (unpaired) electrons. The monoisotopic (exact) mass is 798 g/mol. The molecular formula is C53H34N6OSi. The maximum Gasteiger partial charge on any atom is 0.229 e. The molecule has 8 heteroatoms. The summed E-state index contributed by atoms with van der Waals surface area (Å²) in [5.41, 5.74) is 8.58. The summed E-state index contributed by atoms with van der Waals surface area (Å²) >= 11 is 0. The smallest absolute Gasteiger partial charge is 0.229 e. The first-order valence-electron chi connectivity index (χ1n) is 20.5. The second-order valence-electron chi connectivity index (χ2n) is 15.6. The molecule has 0 amide bonds. The first-order valence-corrected chi connectivity index (χ1v) is 22.5. The van der Waals surface area contributed by atoms with Crippen molar-refractivity contribution in [3.63, 3.8) is 0 Å². The quantitative estimate of drug-likeness (QED) is 0.124. The molecule has 0 saturated heterocycles. The van der Waals surface area contributed by atoms with E-state index in [1.54, 1.807) is 0 Å². The molecule has 0 fully saturated rings. The minimum Gasteiger partial charge on any atom is -0.456 e. The van der Waals surface area contributed by atoms with Gasteiger partial charge in [-0.1, -0.05) is 158 Å². The summed E-state index contributed by atoms with van der Waals surface area (Å²) in [6.07, 6.45) is 0. The summed E-state index contributed by atoms with van der Waals surface area (Å²) in [6, 6.07) is 72.8. The van der Waals surface area contributed by atoms with Crippen LogP contribution in [0.15, 0.2) is 211 Å². The normalized spacial score (nSPS) is 12.3. The van der Waals surface area contributed by atoms with Crippen molar-refractivity contribution in [2.75, 3.05) is 0 Å². The molecule has 13 aromatic rings. The van der Waals surface area contributed by atoms with Gasteiger partial charge in [0, 0.05) is 32.8 Å². The second kappa shape index (κ2) is 13.0. The number of para-hydroxylation sites is 8. The predicted octanol–water partition coefficient (Wildman–Crippen LogP) is 9.60. The molecule has 5 heterocycles. The van der Waals surface area contributed by atoms with E-state index in [0.717, 1.165) is 104 Å². The van der Waals surface area contributed by atoms with Crippen LogP contribution >= 0.6 is 0 Å². The lowest BCUT2D eigenvalue weighted by atomic mass is 10.1. The number of hydrogen-bond donors (Lipinski definition) is 0. The van der Waals surface area contributed by atoms with Crippen LogP contribution in [0.3, 0.4) is 0 Å². The van der Waals surface area contributed by atoms with Gasteiger partial charge in [-0.05, 0) is 52.8 Å². The highest BCUT2D eigenvalue weighted by molar-refractivity contribution is 7.20. The molecular weight excluding hydrogens is 765 g/mol. The van der Waals surface area contributed by atoms with Crippen molar-refractivity contribution in [3.05, 3.63) is 206 Å². The van der Waals surface area contributed by atoms with Gasteiger partial charge in [-0.15, -0.1) is 0 Å². The van der Waals surface area contributed by atoms with Crippen LogP contribution in [0.1, 0.15) is 0 Å².